The summed E-state index contributed by atoms with van der Waals surface area (Å²) in [6, 6.07) is 1.80. The molecule has 0 aliphatic carbocycles. The molecule has 0 bridgehead atoms. The van der Waals surface area contributed by atoms with E-state index in [1.807, 2.05) is 0 Å². The molecule has 114 valence electrons. The zero-order valence-electron chi connectivity index (χ0n) is 11.2. The van der Waals surface area contributed by atoms with E-state index in [2.05, 4.69) is 10.6 Å². The van der Waals surface area contributed by atoms with Gasteiger partial charge >= 0.3 is 12.0 Å². The lowest BCUT2D eigenvalue weighted by Gasteiger charge is -2.18. The predicted octanol–water partition coefficient (Wildman–Crippen LogP) is 1.90. The average molecular weight is 334 g/mol. The molecule has 0 atom stereocenters. The van der Waals surface area contributed by atoms with Crippen LogP contribution in [0.2, 0.25) is 10.0 Å². The summed E-state index contributed by atoms with van der Waals surface area (Å²) in [4.78, 5) is 35.4. The number of carboxylic acids is 1. The molecule has 0 spiro atoms. The number of amides is 3. The number of nitrogens with zero attached hydrogens (tertiary/aromatic N) is 1. The van der Waals surface area contributed by atoms with Gasteiger partial charge in [0, 0.05) is 19.1 Å². The summed E-state index contributed by atoms with van der Waals surface area (Å²) < 4.78 is 0. The Morgan fingerprint density at radius 1 is 1.29 bits per heavy atom. The quantitative estimate of drug-likeness (QED) is 0.783. The number of hydrogen-bond acceptors (Lipinski definition) is 3. The van der Waals surface area contributed by atoms with Gasteiger partial charge in [-0.15, -0.1) is 0 Å². The van der Waals surface area contributed by atoms with E-state index in [-0.39, 0.29) is 33.7 Å². The lowest BCUT2D eigenvalue weighted by atomic mass is 10.2. The highest BCUT2D eigenvalue weighted by molar-refractivity contribution is 6.37. The zero-order valence-corrected chi connectivity index (χ0v) is 12.7. The van der Waals surface area contributed by atoms with Crippen LogP contribution in [0, 0.1) is 0 Å². The molecule has 0 saturated carbocycles. The third kappa shape index (κ3) is 4.51. The second-order valence-corrected chi connectivity index (χ2v) is 4.92. The van der Waals surface area contributed by atoms with Gasteiger partial charge in [-0.3, -0.25) is 4.79 Å². The van der Waals surface area contributed by atoms with Crippen LogP contribution in [0.4, 0.5) is 10.5 Å². The van der Waals surface area contributed by atoms with Crippen LogP contribution in [0.15, 0.2) is 12.1 Å². The zero-order chi connectivity index (χ0) is 16.2. The molecule has 1 aromatic carbocycles. The Morgan fingerprint density at radius 3 is 2.43 bits per heavy atom. The third-order valence-corrected chi connectivity index (χ3v) is 3.04. The Hall–Kier alpha value is -1.99. The maximum absolute atomic E-state index is 11.9. The van der Waals surface area contributed by atoms with E-state index in [0.29, 0.717) is 0 Å². The molecular weight excluding hydrogens is 321 g/mol. The van der Waals surface area contributed by atoms with Crippen molar-refractivity contribution in [2.45, 2.75) is 0 Å². The summed E-state index contributed by atoms with van der Waals surface area (Å²) in [5.41, 5.74) is -0.323. The molecule has 21 heavy (non-hydrogen) atoms. The highest BCUT2D eigenvalue weighted by Gasteiger charge is 2.19. The maximum Gasteiger partial charge on any atom is 0.337 e. The second kappa shape index (κ2) is 7.14. The van der Waals surface area contributed by atoms with Gasteiger partial charge in [-0.1, -0.05) is 23.2 Å². The fourth-order valence-corrected chi connectivity index (χ4v) is 1.98. The van der Waals surface area contributed by atoms with Crippen molar-refractivity contribution in [1.29, 1.82) is 0 Å². The lowest BCUT2D eigenvalue weighted by molar-refractivity contribution is -0.120. The van der Waals surface area contributed by atoms with Crippen LogP contribution in [0.3, 0.4) is 0 Å². The Morgan fingerprint density at radius 2 is 1.90 bits per heavy atom. The normalized spacial score (nSPS) is 9.90. The molecule has 0 aromatic heterocycles. The van der Waals surface area contributed by atoms with Crippen molar-refractivity contribution in [2.75, 3.05) is 26.0 Å². The minimum Gasteiger partial charge on any atom is -0.478 e. The number of likely N-dealkylation sites (N-methyl/N-ethyl adjacent to an activating group) is 2. The Balaban J connectivity index is 2.99. The van der Waals surface area contributed by atoms with Crippen LogP contribution in [0.25, 0.3) is 0 Å². The average Bonchev–Trinajstić information content (AvgIpc) is 2.40. The molecule has 0 aliphatic rings. The van der Waals surface area contributed by atoms with Gasteiger partial charge in [0.1, 0.15) is 6.54 Å². The van der Waals surface area contributed by atoms with E-state index in [1.54, 1.807) is 0 Å². The maximum atomic E-state index is 11.9. The third-order valence-electron chi connectivity index (χ3n) is 2.52. The van der Waals surface area contributed by atoms with Crippen molar-refractivity contribution >= 4 is 46.8 Å². The number of anilines is 1. The standard InChI is InChI=1S/C12H13Cl2N3O4/c1-15-9(18)5-17(2)12(21)16-10-7(11(19)20)3-6(13)4-8(10)14/h3-4H,5H2,1-2H3,(H,15,18)(H,16,21)(H,19,20). The molecule has 9 heteroatoms. The van der Waals surface area contributed by atoms with E-state index >= 15 is 0 Å². The first-order valence-electron chi connectivity index (χ1n) is 5.71. The number of hydrogen-bond donors (Lipinski definition) is 3. The van der Waals surface area contributed by atoms with Gasteiger partial charge in [0.25, 0.3) is 0 Å². The van der Waals surface area contributed by atoms with Crippen molar-refractivity contribution < 1.29 is 19.5 Å². The van der Waals surface area contributed by atoms with Crippen LogP contribution in [-0.2, 0) is 4.79 Å². The Kier molecular flexibility index (Phi) is 5.80. The fraction of sp³-hybridized carbons (Fsp3) is 0.250. The molecule has 0 heterocycles. The van der Waals surface area contributed by atoms with Crippen LogP contribution in [0.1, 0.15) is 10.4 Å². The summed E-state index contributed by atoms with van der Waals surface area (Å²) in [7, 11) is 2.82. The summed E-state index contributed by atoms with van der Waals surface area (Å²) in [6.45, 7) is -0.185. The molecule has 0 aliphatic heterocycles. The molecule has 0 saturated heterocycles. The SMILES string of the molecule is CNC(=O)CN(C)C(=O)Nc1c(Cl)cc(Cl)cc1C(=O)O. The van der Waals surface area contributed by atoms with Crippen molar-refractivity contribution in [3.05, 3.63) is 27.7 Å². The molecule has 3 amide bonds. The van der Waals surface area contributed by atoms with Gasteiger partial charge in [0.15, 0.2) is 0 Å². The summed E-state index contributed by atoms with van der Waals surface area (Å²) >= 11 is 11.6. The van der Waals surface area contributed by atoms with Gasteiger partial charge in [-0.25, -0.2) is 9.59 Å². The second-order valence-electron chi connectivity index (χ2n) is 4.07. The number of aromatic carboxylic acids is 1. The fourth-order valence-electron chi connectivity index (χ4n) is 1.44. The van der Waals surface area contributed by atoms with Crippen molar-refractivity contribution in [3.63, 3.8) is 0 Å². The van der Waals surface area contributed by atoms with Crippen LogP contribution in [0.5, 0.6) is 0 Å². The minimum absolute atomic E-state index is 0.0124. The summed E-state index contributed by atoms with van der Waals surface area (Å²) in [6.07, 6.45) is 0. The van der Waals surface area contributed by atoms with E-state index in [1.165, 1.54) is 26.2 Å². The lowest BCUT2D eigenvalue weighted by Crippen LogP contribution is -2.39. The smallest absolute Gasteiger partial charge is 0.337 e. The van der Waals surface area contributed by atoms with E-state index < -0.39 is 12.0 Å². The van der Waals surface area contributed by atoms with E-state index in [0.717, 1.165) is 4.90 Å². The van der Waals surface area contributed by atoms with Gasteiger partial charge in [-0.05, 0) is 12.1 Å². The molecule has 0 radical (unpaired) electrons. The largest absolute Gasteiger partial charge is 0.478 e. The number of rotatable bonds is 4. The molecule has 1 aromatic rings. The molecule has 0 fully saturated rings. The molecule has 7 nitrogen and oxygen atoms in total. The van der Waals surface area contributed by atoms with E-state index in [9.17, 15) is 14.4 Å². The molecule has 1 rings (SSSR count). The first-order chi connectivity index (χ1) is 9.76. The van der Waals surface area contributed by atoms with Gasteiger partial charge in [0.05, 0.1) is 16.3 Å². The molecule has 3 N–H and O–H groups in total. The number of halogens is 2. The molecular formula is C12H13Cl2N3O4. The number of carbonyl (C=O) groups excluding carboxylic acids is 2. The van der Waals surface area contributed by atoms with E-state index in [4.69, 9.17) is 28.3 Å². The Bertz CT molecular complexity index is 592. The summed E-state index contributed by atoms with van der Waals surface area (Å²) in [5.74, 6) is -1.66. The van der Waals surface area contributed by atoms with Crippen LogP contribution >= 0.6 is 23.2 Å². The van der Waals surface area contributed by atoms with Crippen molar-refractivity contribution in [3.8, 4) is 0 Å². The number of benzene rings is 1. The van der Waals surface area contributed by atoms with Crippen molar-refractivity contribution in [2.24, 2.45) is 0 Å². The highest BCUT2D eigenvalue weighted by atomic mass is 35.5. The van der Waals surface area contributed by atoms with Gasteiger partial charge < -0.3 is 20.6 Å². The summed E-state index contributed by atoms with van der Waals surface area (Å²) in [5, 5.41) is 13.9. The van der Waals surface area contributed by atoms with Gasteiger partial charge in [-0.2, -0.15) is 0 Å². The minimum atomic E-state index is -1.29. The number of carbonyl (C=O) groups is 3. The Labute approximate surface area is 130 Å². The topological polar surface area (TPSA) is 98.7 Å². The van der Waals surface area contributed by atoms with Crippen LogP contribution in [-0.4, -0.2) is 48.6 Å². The first-order valence-corrected chi connectivity index (χ1v) is 6.47. The van der Waals surface area contributed by atoms with Gasteiger partial charge in [0.2, 0.25) is 5.91 Å². The number of nitrogens with one attached hydrogen (secondary N) is 2. The monoisotopic (exact) mass is 333 g/mol. The highest BCUT2D eigenvalue weighted by Crippen LogP contribution is 2.30. The number of carboxylic acid groups (broad SMARTS) is 1. The predicted molar refractivity (Wildman–Crippen MR) is 79.1 cm³/mol. The molecule has 0 unspecified atom stereocenters. The van der Waals surface area contributed by atoms with Crippen LogP contribution < -0.4 is 10.6 Å². The first kappa shape index (κ1) is 17.1. The number of urea groups is 1. The van der Waals surface area contributed by atoms with Crippen molar-refractivity contribution in [1.82, 2.24) is 10.2 Å².